The fourth-order valence-corrected chi connectivity index (χ4v) is 2.00. The lowest BCUT2D eigenvalue weighted by atomic mass is 10.1. The number of hydrogen-bond donors (Lipinski definition) is 2. The molecule has 0 aromatic heterocycles. The van der Waals surface area contributed by atoms with Gasteiger partial charge < -0.3 is 11.1 Å². The number of benzene rings is 1. The number of nitrogens with two attached hydrogens (primary N) is 1. The summed E-state index contributed by atoms with van der Waals surface area (Å²) in [4.78, 5) is -0.242. The number of nitrogens with one attached hydrogen (secondary N) is 1. The van der Waals surface area contributed by atoms with Crippen LogP contribution in [0, 0.1) is 5.92 Å². The Morgan fingerprint density at radius 1 is 1.44 bits per heavy atom. The summed E-state index contributed by atoms with van der Waals surface area (Å²) in [6, 6.07) is 4.23. The predicted octanol–water partition coefficient (Wildman–Crippen LogP) is 3.16. The van der Waals surface area contributed by atoms with E-state index in [1.807, 2.05) is 6.92 Å². The van der Waals surface area contributed by atoms with E-state index in [0.29, 0.717) is 11.6 Å². The molecule has 0 bridgehead atoms. The van der Waals surface area contributed by atoms with Gasteiger partial charge in [0.25, 0.3) is 0 Å². The van der Waals surface area contributed by atoms with Crippen molar-refractivity contribution < 1.29 is 13.2 Å². The Kier molecular flexibility index (Phi) is 3.23. The SMILES string of the molecule is CC1CC1Nc1ccc(C(N)=S)c(C(F)(F)F)c1. The Morgan fingerprint density at radius 2 is 2.06 bits per heavy atom. The first-order valence-corrected chi connectivity index (χ1v) is 5.97. The molecule has 3 N–H and O–H groups in total. The van der Waals surface area contributed by atoms with Crippen LogP contribution in [0.4, 0.5) is 18.9 Å². The summed E-state index contributed by atoms with van der Waals surface area (Å²) in [5.74, 6) is 0.509. The van der Waals surface area contributed by atoms with Crippen LogP contribution in [0.15, 0.2) is 18.2 Å². The van der Waals surface area contributed by atoms with Crippen molar-refractivity contribution in [1.29, 1.82) is 0 Å². The highest BCUT2D eigenvalue weighted by molar-refractivity contribution is 7.80. The second-order valence-corrected chi connectivity index (χ2v) is 5.03. The molecule has 18 heavy (non-hydrogen) atoms. The van der Waals surface area contributed by atoms with Crippen LogP contribution in [0.3, 0.4) is 0 Å². The van der Waals surface area contributed by atoms with Gasteiger partial charge in [-0.15, -0.1) is 0 Å². The molecule has 2 unspecified atom stereocenters. The summed E-state index contributed by atoms with van der Waals surface area (Å²) < 4.78 is 38.6. The van der Waals surface area contributed by atoms with Crippen LogP contribution in [0.25, 0.3) is 0 Å². The van der Waals surface area contributed by atoms with E-state index in [-0.39, 0.29) is 16.6 Å². The standard InChI is InChI=1S/C12H13F3N2S/c1-6-4-10(6)17-7-2-3-8(11(16)18)9(5-7)12(13,14)15/h2-3,5-6,10,17H,4H2,1H3,(H2,16,18). The second-order valence-electron chi connectivity index (χ2n) is 4.59. The van der Waals surface area contributed by atoms with E-state index in [2.05, 4.69) is 17.5 Å². The maximum absolute atomic E-state index is 12.9. The third-order valence-corrected chi connectivity index (χ3v) is 3.27. The number of halogens is 3. The average molecular weight is 274 g/mol. The van der Waals surface area contributed by atoms with E-state index >= 15 is 0 Å². The van der Waals surface area contributed by atoms with Crippen molar-refractivity contribution in [2.24, 2.45) is 11.7 Å². The van der Waals surface area contributed by atoms with Gasteiger partial charge in [0.15, 0.2) is 0 Å². The first-order chi connectivity index (χ1) is 8.29. The van der Waals surface area contributed by atoms with Gasteiger partial charge in [-0.1, -0.05) is 19.1 Å². The van der Waals surface area contributed by atoms with E-state index < -0.39 is 11.7 Å². The minimum atomic E-state index is -4.45. The molecule has 0 radical (unpaired) electrons. The Hall–Kier alpha value is -1.30. The van der Waals surface area contributed by atoms with Gasteiger partial charge in [-0.3, -0.25) is 0 Å². The maximum Gasteiger partial charge on any atom is 0.417 e. The van der Waals surface area contributed by atoms with Gasteiger partial charge in [0.2, 0.25) is 0 Å². The normalized spacial score (nSPS) is 22.7. The Morgan fingerprint density at radius 3 is 2.50 bits per heavy atom. The maximum atomic E-state index is 12.9. The van der Waals surface area contributed by atoms with Crippen LogP contribution in [0.5, 0.6) is 0 Å². The average Bonchev–Trinajstić information content (AvgIpc) is 2.92. The molecule has 0 heterocycles. The van der Waals surface area contributed by atoms with Gasteiger partial charge in [0, 0.05) is 17.3 Å². The fourth-order valence-electron chi connectivity index (χ4n) is 1.82. The van der Waals surface area contributed by atoms with Gasteiger partial charge >= 0.3 is 6.18 Å². The molecule has 6 heteroatoms. The highest BCUT2D eigenvalue weighted by Gasteiger charge is 2.36. The summed E-state index contributed by atoms with van der Waals surface area (Å²) in [6.07, 6.45) is -3.47. The van der Waals surface area contributed by atoms with E-state index in [1.54, 1.807) is 6.07 Å². The predicted molar refractivity (Wildman–Crippen MR) is 68.5 cm³/mol. The van der Waals surface area contributed by atoms with Gasteiger partial charge in [-0.05, 0) is 30.5 Å². The molecule has 2 atom stereocenters. The first-order valence-electron chi connectivity index (χ1n) is 5.56. The molecule has 0 saturated heterocycles. The number of thiocarbonyl (C=S) groups is 1. The molecule has 1 aliphatic carbocycles. The number of hydrogen-bond acceptors (Lipinski definition) is 2. The van der Waals surface area contributed by atoms with Crippen molar-refractivity contribution in [1.82, 2.24) is 0 Å². The highest BCUT2D eigenvalue weighted by Crippen LogP contribution is 2.36. The number of rotatable bonds is 3. The van der Waals surface area contributed by atoms with E-state index in [1.165, 1.54) is 6.07 Å². The van der Waals surface area contributed by atoms with Crippen molar-refractivity contribution in [2.45, 2.75) is 25.6 Å². The van der Waals surface area contributed by atoms with Crippen LogP contribution >= 0.6 is 12.2 Å². The zero-order valence-corrected chi connectivity index (χ0v) is 10.5. The van der Waals surface area contributed by atoms with Crippen molar-refractivity contribution in [3.63, 3.8) is 0 Å². The Balaban J connectivity index is 2.33. The molecule has 0 spiro atoms. The molecule has 1 aromatic rings. The zero-order valence-electron chi connectivity index (χ0n) is 9.71. The van der Waals surface area contributed by atoms with Crippen LogP contribution in [0.2, 0.25) is 0 Å². The van der Waals surface area contributed by atoms with Crippen molar-refractivity contribution in [3.05, 3.63) is 29.3 Å². The molecule has 1 aliphatic rings. The third kappa shape index (κ3) is 2.75. The lowest BCUT2D eigenvalue weighted by Crippen LogP contribution is -2.18. The van der Waals surface area contributed by atoms with E-state index in [4.69, 9.17) is 5.73 Å². The monoisotopic (exact) mass is 274 g/mol. The van der Waals surface area contributed by atoms with E-state index in [9.17, 15) is 13.2 Å². The Labute approximate surface area is 108 Å². The smallest absolute Gasteiger partial charge is 0.389 e. The molecule has 0 aliphatic heterocycles. The first kappa shape index (κ1) is 13.1. The second kappa shape index (κ2) is 4.42. The topological polar surface area (TPSA) is 38.0 Å². The van der Waals surface area contributed by atoms with Crippen molar-refractivity contribution >= 4 is 22.9 Å². The van der Waals surface area contributed by atoms with Crippen LogP contribution < -0.4 is 11.1 Å². The zero-order chi connectivity index (χ0) is 13.5. The molecular weight excluding hydrogens is 261 g/mol. The summed E-state index contributed by atoms with van der Waals surface area (Å²) in [5, 5.41) is 3.06. The molecule has 1 fully saturated rings. The molecule has 1 saturated carbocycles. The van der Waals surface area contributed by atoms with Gasteiger partial charge in [0.1, 0.15) is 4.99 Å². The van der Waals surface area contributed by atoms with Gasteiger partial charge in [-0.25, -0.2) is 0 Å². The van der Waals surface area contributed by atoms with Crippen LogP contribution in [-0.2, 0) is 6.18 Å². The van der Waals surface area contributed by atoms with Crippen molar-refractivity contribution in [3.8, 4) is 0 Å². The molecule has 98 valence electrons. The summed E-state index contributed by atoms with van der Waals surface area (Å²) >= 11 is 4.64. The summed E-state index contributed by atoms with van der Waals surface area (Å²) in [6.45, 7) is 2.05. The molecular formula is C12H13F3N2S. The minimum absolute atomic E-state index is 0.133. The lowest BCUT2D eigenvalue weighted by Gasteiger charge is -2.14. The third-order valence-electron chi connectivity index (χ3n) is 3.05. The number of anilines is 1. The Bertz CT molecular complexity index is 485. The number of alkyl halides is 3. The summed E-state index contributed by atoms with van der Waals surface area (Å²) in [5.41, 5.74) is 4.85. The highest BCUT2D eigenvalue weighted by atomic mass is 32.1. The minimum Gasteiger partial charge on any atom is -0.389 e. The van der Waals surface area contributed by atoms with Crippen molar-refractivity contribution in [2.75, 3.05) is 5.32 Å². The largest absolute Gasteiger partial charge is 0.417 e. The quantitative estimate of drug-likeness (QED) is 0.831. The van der Waals surface area contributed by atoms with Gasteiger partial charge in [0.05, 0.1) is 5.56 Å². The molecule has 0 amide bonds. The van der Waals surface area contributed by atoms with Gasteiger partial charge in [-0.2, -0.15) is 13.2 Å². The summed E-state index contributed by atoms with van der Waals surface area (Å²) in [7, 11) is 0. The van der Waals surface area contributed by atoms with Crippen LogP contribution in [-0.4, -0.2) is 11.0 Å². The van der Waals surface area contributed by atoms with Crippen LogP contribution in [0.1, 0.15) is 24.5 Å². The molecule has 2 rings (SSSR count). The van der Waals surface area contributed by atoms with E-state index in [0.717, 1.165) is 12.5 Å². The molecule has 2 nitrogen and oxygen atoms in total. The lowest BCUT2D eigenvalue weighted by molar-refractivity contribution is -0.137. The molecule has 1 aromatic carbocycles. The fraction of sp³-hybridized carbons (Fsp3) is 0.417.